The van der Waals surface area contributed by atoms with Gasteiger partial charge in [-0.3, -0.25) is 4.79 Å². The van der Waals surface area contributed by atoms with E-state index in [1.54, 1.807) is 12.1 Å². The van der Waals surface area contributed by atoms with Crippen LogP contribution in [0.5, 0.6) is 0 Å². The second-order valence-corrected chi connectivity index (χ2v) is 2.98. The highest BCUT2D eigenvalue weighted by molar-refractivity contribution is 7.80. The van der Waals surface area contributed by atoms with Crippen LogP contribution in [-0.4, -0.2) is 29.0 Å². The third kappa shape index (κ3) is 13.0. The molecule has 0 atom stereocenters. The largest absolute Gasteiger partial charge is 0.448 e. The monoisotopic (exact) mass is 257 g/mol. The van der Waals surface area contributed by atoms with Crippen molar-refractivity contribution in [2.75, 3.05) is 5.88 Å². The standard InChI is InChI=1S/C8H9NOS.C2H6.CH5BO2/c10-8(9-6-11)7-4-2-1-3-5-7;1-2;1-2(3)4/h1-5,11H,6H2,(H,9,10);1-2H3;3-4H,1H3. The van der Waals surface area contributed by atoms with Crippen molar-refractivity contribution in [3.05, 3.63) is 35.9 Å². The highest BCUT2D eigenvalue weighted by Crippen LogP contribution is 1.97. The lowest BCUT2D eigenvalue weighted by atomic mass is 9.99. The van der Waals surface area contributed by atoms with Crippen molar-refractivity contribution in [1.82, 2.24) is 5.32 Å². The number of nitrogens with one attached hydrogen (secondary N) is 1. The number of benzene rings is 1. The van der Waals surface area contributed by atoms with Gasteiger partial charge in [0.1, 0.15) is 0 Å². The van der Waals surface area contributed by atoms with Gasteiger partial charge in [-0.1, -0.05) is 32.0 Å². The van der Waals surface area contributed by atoms with Crippen LogP contribution in [0.3, 0.4) is 0 Å². The van der Waals surface area contributed by atoms with E-state index in [0.29, 0.717) is 11.4 Å². The summed E-state index contributed by atoms with van der Waals surface area (Å²) in [5, 5.41) is 17.8. The number of thiol groups is 1. The summed E-state index contributed by atoms with van der Waals surface area (Å²) in [5.74, 6) is 0.286. The number of rotatable bonds is 2. The Morgan fingerprint density at radius 2 is 1.71 bits per heavy atom. The van der Waals surface area contributed by atoms with E-state index >= 15 is 0 Å². The Balaban J connectivity index is 0. The molecule has 1 aromatic carbocycles. The van der Waals surface area contributed by atoms with Crippen molar-refractivity contribution in [3.8, 4) is 0 Å². The van der Waals surface area contributed by atoms with Crippen LogP contribution in [0.25, 0.3) is 0 Å². The first kappa shape index (κ1) is 18.4. The van der Waals surface area contributed by atoms with Gasteiger partial charge in [-0.05, 0) is 19.0 Å². The smallest absolute Gasteiger partial charge is 0.427 e. The lowest BCUT2D eigenvalue weighted by Crippen LogP contribution is -2.21. The lowest BCUT2D eigenvalue weighted by Gasteiger charge is -1.99. The molecule has 1 amide bonds. The van der Waals surface area contributed by atoms with Gasteiger partial charge in [0.15, 0.2) is 0 Å². The normalized spacial score (nSPS) is 7.88. The average Bonchev–Trinajstić information content (AvgIpc) is 2.32. The van der Waals surface area contributed by atoms with Gasteiger partial charge in [-0.15, -0.1) is 0 Å². The molecule has 0 heterocycles. The van der Waals surface area contributed by atoms with Crippen molar-refractivity contribution in [2.45, 2.75) is 20.7 Å². The predicted molar refractivity (Wildman–Crippen MR) is 75.2 cm³/mol. The Labute approximate surface area is 109 Å². The molecule has 0 bridgehead atoms. The van der Waals surface area contributed by atoms with E-state index in [9.17, 15) is 4.79 Å². The molecule has 3 N–H and O–H groups in total. The van der Waals surface area contributed by atoms with Gasteiger partial charge in [0, 0.05) is 5.56 Å². The summed E-state index contributed by atoms with van der Waals surface area (Å²) in [4.78, 5) is 11.1. The molecule has 4 nitrogen and oxygen atoms in total. The molecule has 0 aliphatic heterocycles. The summed E-state index contributed by atoms with van der Waals surface area (Å²) in [5.41, 5.74) is 0.668. The van der Waals surface area contributed by atoms with E-state index < -0.39 is 7.12 Å². The van der Waals surface area contributed by atoms with Crippen LogP contribution in [-0.2, 0) is 0 Å². The predicted octanol–water partition coefficient (Wildman–Crippen LogP) is 1.42. The zero-order valence-electron chi connectivity index (χ0n) is 10.4. The van der Waals surface area contributed by atoms with Crippen LogP contribution in [0.2, 0.25) is 6.82 Å². The summed E-state index contributed by atoms with van der Waals surface area (Å²) in [6, 6.07) is 9.05. The number of hydrogen-bond acceptors (Lipinski definition) is 4. The van der Waals surface area contributed by atoms with E-state index in [-0.39, 0.29) is 5.91 Å². The summed E-state index contributed by atoms with van der Waals surface area (Å²) >= 11 is 3.88. The van der Waals surface area contributed by atoms with Crippen LogP contribution in [0.1, 0.15) is 24.2 Å². The fourth-order valence-electron chi connectivity index (χ4n) is 0.763. The molecule has 6 heteroatoms. The van der Waals surface area contributed by atoms with Crippen LogP contribution in [0, 0.1) is 0 Å². The van der Waals surface area contributed by atoms with Crippen molar-refractivity contribution >= 4 is 25.7 Å². The third-order valence-electron chi connectivity index (χ3n) is 1.28. The summed E-state index contributed by atoms with van der Waals surface area (Å²) in [7, 11) is -1.17. The van der Waals surface area contributed by atoms with Crippen LogP contribution in [0.15, 0.2) is 30.3 Å². The number of hydrogen-bond donors (Lipinski definition) is 4. The first-order chi connectivity index (χ1) is 8.07. The Bertz CT molecular complexity index is 281. The SMILES string of the molecule is CB(O)O.CC.O=C(NCS)c1ccccc1. The van der Waals surface area contributed by atoms with Crippen LogP contribution >= 0.6 is 12.6 Å². The molecular formula is C11H20BNO3S. The molecule has 0 fully saturated rings. The Morgan fingerprint density at radius 3 is 2.06 bits per heavy atom. The quantitative estimate of drug-likeness (QED) is 0.368. The van der Waals surface area contributed by atoms with Gasteiger partial charge in [-0.25, -0.2) is 0 Å². The van der Waals surface area contributed by atoms with E-state index in [4.69, 9.17) is 10.0 Å². The number of carbonyl (C=O) groups excluding carboxylic acids is 1. The average molecular weight is 257 g/mol. The fraction of sp³-hybridized carbons (Fsp3) is 0.364. The Morgan fingerprint density at radius 1 is 1.29 bits per heavy atom. The molecule has 0 radical (unpaired) electrons. The Kier molecular flexibility index (Phi) is 14.2. The highest BCUT2D eigenvalue weighted by atomic mass is 32.1. The van der Waals surface area contributed by atoms with Crippen molar-refractivity contribution < 1.29 is 14.8 Å². The molecule has 96 valence electrons. The number of amides is 1. The van der Waals surface area contributed by atoms with Crippen molar-refractivity contribution in [1.29, 1.82) is 0 Å². The zero-order chi connectivity index (χ0) is 13.7. The molecule has 0 saturated carbocycles. The maximum absolute atomic E-state index is 11.1. The first-order valence-electron chi connectivity index (χ1n) is 5.38. The van der Waals surface area contributed by atoms with Crippen LogP contribution in [0.4, 0.5) is 0 Å². The maximum Gasteiger partial charge on any atom is 0.448 e. The van der Waals surface area contributed by atoms with Gasteiger partial charge >= 0.3 is 7.12 Å². The topological polar surface area (TPSA) is 69.6 Å². The molecule has 17 heavy (non-hydrogen) atoms. The second-order valence-electron chi connectivity index (χ2n) is 2.66. The molecule has 0 aliphatic rings. The van der Waals surface area contributed by atoms with Gasteiger partial charge in [0.25, 0.3) is 5.91 Å². The number of carbonyl (C=O) groups is 1. The minimum absolute atomic E-state index is 0.0828. The molecule has 1 rings (SSSR count). The Hall–Kier alpha value is -0.975. The molecule has 0 spiro atoms. The summed E-state index contributed by atoms with van der Waals surface area (Å²) in [6.45, 7) is 5.28. The molecule has 0 aliphatic carbocycles. The van der Waals surface area contributed by atoms with Gasteiger partial charge < -0.3 is 15.4 Å². The highest BCUT2D eigenvalue weighted by Gasteiger charge is 2.00. The lowest BCUT2D eigenvalue weighted by molar-refractivity contribution is 0.0961. The van der Waals surface area contributed by atoms with Crippen molar-refractivity contribution in [3.63, 3.8) is 0 Å². The molecular weight excluding hydrogens is 237 g/mol. The minimum atomic E-state index is -1.17. The van der Waals surface area contributed by atoms with E-state index in [2.05, 4.69) is 17.9 Å². The van der Waals surface area contributed by atoms with E-state index in [1.807, 2.05) is 32.0 Å². The molecule has 0 aromatic heterocycles. The van der Waals surface area contributed by atoms with Crippen molar-refractivity contribution in [2.24, 2.45) is 0 Å². The van der Waals surface area contributed by atoms with E-state index in [0.717, 1.165) is 0 Å². The maximum atomic E-state index is 11.1. The molecule has 1 aromatic rings. The summed E-state index contributed by atoms with van der Waals surface area (Å²) < 4.78 is 0. The first-order valence-corrected chi connectivity index (χ1v) is 6.01. The third-order valence-corrected chi connectivity index (χ3v) is 1.43. The minimum Gasteiger partial charge on any atom is -0.427 e. The van der Waals surface area contributed by atoms with Crippen LogP contribution < -0.4 is 5.32 Å². The molecule has 0 unspecified atom stereocenters. The summed E-state index contributed by atoms with van der Waals surface area (Å²) in [6.07, 6.45) is 0. The van der Waals surface area contributed by atoms with Gasteiger partial charge in [-0.2, -0.15) is 12.6 Å². The molecule has 0 saturated heterocycles. The fourth-order valence-corrected chi connectivity index (χ4v) is 0.907. The van der Waals surface area contributed by atoms with Gasteiger partial charge in [0.2, 0.25) is 0 Å². The van der Waals surface area contributed by atoms with E-state index in [1.165, 1.54) is 6.82 Å². The zero-order valence-corrected chi connectivity index (χ0v) is 11.3. The second kappa shape index (κ2) is 13.1. The van der Waals surface area contributed by atoms with Gasteiger partial charge in [0.05, 0.1) is 5.88 Å².